The molecule has 0 unspecified atom stereocenters. The van der Waals surface area contributed by atoms with Gasteiger partial charge >= 0.3 is 0 Å². The van der Waals surface area contributed by atoms with Crippen molar-refractivity contribution < 1.29 is 4.39 Å². The highest BCUT2D eigenvalue weighted by Crippen LogP contribution is 2.52. The van der Waals surface area contributed by atoms with E-state index in [2.05, 4.69) is 33.4 Å². The van der Waals surface area contributed by atoms with Gasteiger partial charge in [-0.1, -0.05) is 57.4 Å². The fraction of sp³-hybridized carbons (Fsp3) is 0.222. The predicted octanol–water partition coefficient (Wildman–Crippen LogP) is 6.72. The zero-order valence-electron chi connectivity index (χ0n) is 12.0. The van der Waals surface area contributed by atoms with Gasteiger partial charge in [0.15, 0.2) is 0 Å². The summed E-state index contributed by atoms with van der Waals surface area (Å²) in [7, 11) is 0. The fourth-order valence-corrected chi connectivity index (χ4v) is 4.66. The maximum atomic E-state index is 14.5. The van der Waals surface area contributed by atoms with Crippen molar-refractivity contribution in [3.05, 3.63) is 73.9 Å². The van der Waals surface area contributed by atoms with Crippen LogP contribution in [0.25, 0.3) is 0 Å². The van der Waals surface area contributed by atoms with E-state index in [1.165, 1.54) is 6.07 Å². The number of hydrogen-bond acceptors (Lipinski definition) is 1. The molecule has 1 nitrogen and oxygen atoms in total. The van der Waals surface area contributed by atoms with Gasteiger partial charge in [0.1, 0.15) is 5.82 Å². The number of allylic oxidation sites excluding steroid dienone is 2. The highest BCUT2D eigenvalue weighted by Gasteiger charge is 2.39. The van der Waals surface area contributed by atoms with E-state index >= 15 is 0 Å². The van der Waals surface area contributed by atoms with Gasteiger partial charge in [0.25, 0.3) is 0 Å². The van der Waals surface area contributed by atoms with Crippen LogP contribution in [0.4, 0.5) is 10.1 Å². The minimum Gasteiger partial charge on any atom is -0.375 e. The molecule has 0 fully saturated rings. The molecular formula is C18H13BrCl2FN. The van der Waals surface area contributed by atoms with Crippen molar-refractivity contribution in [1.29, 1.82) is 0 Å². The third-order valence-electron chi connectivity index (χ3n) is 4.68. The molecule has 23 heavy (non-hydrogen) atoms. The number of benzene rings is 2. The SMILES string of the molecule is Fc1cc(Br)cc2c1N[C@H](c1ccc(Cl)cc1Cl)[C@H]1CC=C[C@H]21. The first-order chi connectivity index (χ1) is 11.0. The molecule has 4 rings (SSSR count). The molecule has 0 amide bonds. The molecule has 2 aromatic carbocycles. The molecule has 3 atom stereocenters. The molecule has 1 aliphatic heterocycles. The summed E-state index contributed by atoms with van der Waals surface area (Å²) in [6.07, 6.45) is 5.28. The Morgan fingerprint density at radius 2 is 1.96 bits per heavy atom. The molecule has 0 saturated carbocycles. The van der Waals surface area contributed by atoms with E-state index in [-0.39, 0.29) is 17.8 Å². The van der Waals surface area contributed by atoms with E-state index in [1.807, 2.05) is 18.2 Å². The Morgan fingerprint density at radius 1 is 1.13 bits per heavy atom. The minimum atomic E-state index is -0.247. The summed E-state index contributed by atoms with van der Waals surface area (Å²) in [4.78, 5) is 0. The van der Waals surface area contributed by atoms with Crippen molar-refractivity contribution in [3.8, 4) is 0 Å². The first-order valence-electron chi connectivity index (χ1n) is 7.41. The van der Waals surface area contributed by atoms with Crippen molar-refractivity contribution in [1.82, 2.24) is 0 Å². The molecule has 118 valence electrons. The third kappa shape index (κ3) is 2.59. The summed E-state index contributed by atoms with van der Waals surface area (Å²) in [5, 5.41) is 4.59. The Labute approximate surface area is 152 Å². The number of nitrogens with one attached hydrogen (secondary N) is 1. The van der Waals surface area contributed by atoms with E-state index in [0.29, 0.717) is 21.7 Å². The lowest BCUT2D eigenvalue weighted by molar-refractivity contribution is 0.420. The second-order valence-corrected chi connectivity index (χ2v) is 7.75. The first kappa shape index (κ1) is 15.5. The van der Waals surface area contributed by atoms with Crippen molar-refractivity contribution in [2.24, 2.45) is 5.92 Å². The Hall–Kier alpha value is -1.03. The monoisotopic (exact) mass is 411 g/mol. The number of rotatable bonds is 1. The molecule has 1 N–H and O–H groups in total. The average molecular weight is 413 g/mol. The van der Waals surface area contributed by atoms with Gasteiger partial charge in [-0.25, -0.2) is 4.39 Å². The van der Waals surface area contributed by atoms with Crippen LogP contribution in [-0.2, 0) is 0 Å². The summed E-state index contributed by atoms with van der Waals surface area (Å²) in [5.41, 5.74) is 2.52. The van der Waals surface area contributed by atoms with Gasteiger partial charge in [-0.3, -0.25) is 0 Å². The van der Waals surface area contributed by atoms with Gasteiger partial charge in [-0.05, 0) is 47.7 Å². The van der Waals surface area contributed by atoms with E-state index in [1.54, 1.807) is 6.07 Å². The summed E-state index contributed by atoms with van der Waals surface area (Å²) >= 11 is 15.8. The fourth-order valence-electron chi connectivity index (χ4n) is 3.68. The molecule has 1 heterocycles. The molecule has 0 bridgehead atoms. The second-order valence-electron chi connectivity index (χ2n) is 5.99. The molecule has 2 aromatic rings. The van der Waals surface area contributed by atoms with Gasteiger partial charge in [0.05, 0.1) is 11.7 Å². The van der Waals surface area contributed by atoms with Gasteiger partial charge < -0.3 is 5.32 Å². The maximum absolute atomic E-state index is 14.5. The summed E-state index contributed by atoms with van der Waals surface area (Å²) in [5.74, 6) is 0.257. The topological polar surface area (TPSA) is 12.0 Å². The maximum Gasteiger partial charge on any atom is 0.147 e. The van der Waals surface area contributed by atoms with Gasteiger partial charge in [-0.15, -0.1) is 0 Å². The van der Waals surface area contributed by atoms with E-state index in [9.17, 15) is 4.39 Å². The van der Waals surface area contributed by atoms with Crippen molar-refractivity contribution in [3.63, 3.8) is 0 Å². The van der Waals surface area contributed by atoms with Crippen LogP contribution in [0, 0.1) is 11.7 Å². The molecule has 0 aromatic heterocycles. The molecule has 1 aliphatic carbocycles. The van der Waals surface area contributed by atoms with Crippen LogP contribution in [0.2, 0.25) is 10.0 Å². The zero-order valence-corrected chi connectivity index (χ0v) is 15.1. The lowest BCUT2D eigenvalue weighted by Crippen LogP contribution is -2.30. The lowest BCUT2D eigenvalue weighted by Gasteiger charge is -2.38. The van der Waals surface area contributed by atoms with Crippen LogP contribution in [0.5, 0.6) is 0 Å². The van der Waals surface area contributed by atoms with Crippen molar-refractivity contribution >= 4 is 44.8 Å². The Bertz CT molecular complexity index is 821. The third-order valence-corrected chi connectivity index (χ3v) is 5.70. The van der Waals surface area contributed by atoms with E-state index in [0.717, 1.165) is 22.0 Å². The van der Waals surface area contributed by atoms with Crippen LogP contribution < -0.4 is 5.32 Å². The number of halogens is 4. The van der Waals surface area contributed by atoms with Crippen LogP contribution >= 0.6 is 39.1 Å². The van der Waals surface area contributed by atoms with Gasteiger partial charge in [0.2, 0.25) is 0 Å². The first-order valence-corrected chi connectivity index (χ1v) is 8.96. The summed E-state index contributed by atoms with van der Waals surface area (Å²) < 4.78 is 15.2. The normalized spacial score (nSPS) is 25.0. The zero-order chi connectivity index (χ0) is 16.1. The second kappa shape index (κ2) is 5.80. The highest BCUT2D eigenvalue weighted by molar-refractivity contribution is 9.10. The van der Waals surface area contributed by atoms with Gasteiger partial charge in [-0.2, -0.15) is 0 Å². The molecule has 0 spiro atoms. The quantitative estimate of drug-likeness (QED) is 0.512. The van der Waals surface area contributed by atoms with Crippen LogP contribution in [0.1, 0.15) is 29.5 Å². The number of anilines is 1. The number of hydrogen-bond donors (Lipinski definition) is 1. The van der Waals surface area contributed by atoms with Crippen molar-refractivity contribution in [2.45, 2.75) is 18.4 Å². The molecular weight excluding hydrogens is 400 g/mol. The Morgan fingerprint density at radius 3 is 2.74 bits per heavy atom. The van der Waals surface area contributed by atoms with Crippen LogP contribution in [0.15, 0.2) is 47.0 Å². The Balaban J connectivity index is 1.84. The van der Waals surface area contributed by atoms with Crippen molar-refractivity contribution in [2.75, 3.05) is 5.32 Å². The predicted molar refractivity (Wildman–Crippen MR) is 96.9 cm³/mol. The van der Waals surface area contributed by atoms with Crippen LogP contribution in [0.3, 0.4) is 0 Å². The van der Waals surface area contributed by atoms with Gasteiger partial charge in [0, 0.05) is 20.4 Å². The Kier molecular flexibility index (Phi) is 3.91. The molecule has 0 saturated heterocycles. The molecule has 2 aliphatic rings. The highest BCUT2D eigenvalue weighted by atomic mass is 79.9. The minimum absolute atomic E-state index is 0.0389. The average Bonchev–Trinajstić information content (AvgIpc) is 2.97. The van der Waals surface area contributed by atoms with E-state index in [4.69, 9.17) is 23.2 Å². The smallest absolute Gasteiger partial charge is 0.147 e. The summed E-state index contributed by atoms with van der Waals surface area (Å²) in [6.45, 7) is 0. The number of fused-ring (bicyclic) bond motifs is 3. The lowest BCUT2D eigenvalue weighted by atomic mass is 9.77. The van der Waals surface area contributed by atoms with E-state index < -0.39 is 0 Å². The summed E-state index contributed by atoms with van der Waals surface area (Å²) in [6, 6.07) is 8.95. The molecule has 5 heteroatoms. The molecule has 0 radical (unpaired) electrons. The van der Waals surface area contributed by atoms with Crippen LogP contribution in [-0.4, -0.2) is 0 Å². The standard InChI is InChI=1S/C18H13BrCl2FN/c19-9-6-14-11-2-1-3-12(11)17(23-18(14)16(22)7-9)13-5-4-10(20)8-15(13)21/h1-2,4-8,11-12,17,23H,3H2/t11-,12-,17-/m0/s1. The largest absolute Gasteiger partial charge is 0.375 e.